The van der Waals surface area contributed by atoms with Crippen molar-refractivity contribution in [3.05, 3.63) is 55.7 Å². The monoisotopic (exact) mass is 383 g/mol. The summed E-state index contributed by atoms with van der Waals surface area (Å²) in [5.74, 6) is -0.0717. The standard InChI is InChI=1S/C17H19Cl2N3OS/c18-13-2-1-12(15(19)9-13)10-21-17(23)16-4-3-14(24-16)11-22-7-5-20-6-8-22/h1-4,9,20H,5-8,10-11H2,(H,21,23). The Morgan fingerprint density at radius 1 is 1.21 bits per heavy atom. The molecule has 0 bridgehead atoms. The van der Waals surface area contributed by atoms with Crippen LogP contribution in [0.3, 0.4) is 0 Å². The Morgan fingerprint density at radius 2 is 2.00 bits per heavy atom. The molecule has 1 amide bonds. The molecule has 1 saturated heterocycles. The summed E-state index contributed by atoms with van der Waals surface area (Å²) in [6.45, 7) is 5.45. The van der Waals surface area contributed by atoms with Crippen LogP contribution in [-0.2, 0) is 13.1 Å². The highest BCUT2D eigenvalue weighted by Gasteiger charge is 2.14. The first-order valence-corrected chi connectivity index (χ1v) is 9.43. The van der Waals surface area contributed by atoms with Crippen molar-refractivity contribution in [2.75, 3.05) is 26.2 Å². The van der Waals surface area contributed by atoms with E-state index in [0.717, 1.165) is 43.2 Å². The molecule has 2 N–H and O–H groups in total. The fraction of sp³-hybridized carbons (Fsp3) is 0.353. The smallest absolute Gasteiger partial charge is 0.261 e. The Labute approximate surface area is 155 Å². The second-order valence-corrected chi connectivity index (χ2v) is 7.72. The van der Waals surface area contributed by atoms with Crippen LogP contribution in [0.2, 0.25) is 10.0 Å². The molecule has 7 heteroatoms. The van der Waals surface area contributed by atoms with Crippen molar-refractivity contribution in [2.24, 2.45) is 0 Å². The quantitative estimate of drug-likeness (QED) is 0.831. The van der Waals surface area contributed by atoms with Crippen molar-refractivity contribution >= 4 is 40.4 Å². The fourth-order valence-electron chi connectivity index (χ4n) is 2.60. The lowest BCUT2D eigenvalue weighted by Gasteiger charge is -2.26. The number of hydrogen-bond donors (Lipinski definition) is 2. The molecule has 0 unspecified atom stereocenters. The third kappa shape index (κ3) is 4.71. The minimum absolute atomic E-state index is 0.0717. The van der Waals surface area contributed by atoms with Gasteiger partial charge in [0.05, 0.1) is 4.88 Å². The second-order valence-electron chi connectivity index (χ2n) is 5.71. The molecular formula is C17H19Cl2N3OS. The molecule has 24 heavy (non-hydrogen) atoms. The van der Waals surface area contributed by atoms with Crippen molar-refractivity contribution < 1.29 is 4.79 Å². The van der Waals surface area contributed by atoms with Gasteiger partial charge in [-0.25, -0.2) is 0 Å². The van der Waals surface area contributed by atoms with Crippen molar-refractivity contribution in [1.82, 2.24) is 15.5 Å². The molecule has 0 spiro atoms. The summed E-state index contributed by atoms with van der Waals surface area (Å²) in [5.41, 5.74) is 0.854. The Morgan fingerprint density at radius 3 is 2.75 bits per heavy atom. The minimum atomic E-state index is -0.0717. The number of amides is 1. The second kappa shape index (κ2) is 8.32. The average molecular weight is 384 g/mol. The Kier molecular flexibility index (Phi) is 6.14. The molecule has 1 aromatic heterocycles. The normalized spacial score (nSPS) is 15.4. The van der Waals surface area contributed by atoms with Crippen molar-refractivity contribution in [3.8, 4) is 0 Å². The number of nitrogens with one attached hydrogen (secondary N) is 2. The zero-order valence-corrected chi connectivity index (χ0v) is 15.5. The fourth-order valence-corrected chi connectivity index (χ4v) is 4.04. The van der Waals surface area contributed by atoms with Crippen LogP contribution in [0.5, 0.6) is 0 Å². The van der Waals surface area contributed by atoms with Gasteiger partial charge in [0.25, 0.3) is 5.91 Å². The van der Waals surface area contributed by atoms with E-state index in [1.165, 1.54) is 4.88 Å². The lowest BCUT2D eigenvalue weighted by atomic mass is 10.2. The van der Waals surface area contributed by atoms with Gasteiger partial charge in [0, 0.05) is 54.2 Å². The molecule has 2 aromatic rings. The first-order valence-electron chi connectivity index (χ1n) is 7.86. The van der Waals surface area contributed by atoms with Crippen LogP contribution in [0.1, 0.15) is 20.1 Å². The largest absolute Gasteiger partial charge is 0.347 e. The van der Waals surface area contributed by atoms with E-state index >= 15 is 0 Å². The van der Waals surface area contributed by atoms with Gasteiger partial charge in [0.15, 0.2) is 0 Å². The zero-order chi connectivity index (χ0) is 16.9. The highest BCUT2D eigenvalue weighted by Crippen LogP contribution is 2.22. The van der Waals surface area contributed by atoms with Crippen LogP contribution in [0.25, 0.3) is 0 Å². The molecule has 1 aliphatic heterocycles. The average Bonchev–Trinajstić information content (AvgIpc) is 3.03. The Bertz CT molecular complexity index is 714. The number of rotatable bonds is 5. The minimum Gasteiger partial charge on any atom is -0.347 e. The van der Waals surface area contributed by atoms with Crippen LogP contribution >= 0.6 is 34.5 Å². The van der Waals surface area contributed by atoms with E-state index < -0.39 is 0 Å². The highest BCUT2D eigenvalue weighted by molar-refractivity contribution is 7.14. The van der Waals surface area contributed by atoms with Crippen LogP contribution in [0, 0.1) is 0 Å². The molecule has 0 radical (unpaired) electrons. The molecule has 3 rings (SSSR count). The Balaban J connectivity index is 1.55. The summed E-state index contributed by atoms with van der Waals surface area (Å²) in [6.07, 6.45) is 0. The van der Waals surface area contributed by atoms with Gasteiger partial charge in [0.1, 0.15) is 0 Å². The molecule has 4 nitrogen and oxygen atoms in total. The van der Waals surface area contributed by atoms with E-state index in [1.54, 1.807) is 23.5 Å². The van der Waals surface area contributed by atoms with Crippen LogP contribution < -0.4 is 10.6 Å². The topological polar surface area (TPSA) is 44.4 Å². The first kappa shape index (κ1) is 17.7. The number of carbonyl (C=O) groups is 1. The van der Waals surface area contributed by atoms with Gasteiger partial charge in [-0.05, 0) is 29.8 Å². The molecule has 1 aromatic carbocycles. The number of thiophene rings is 1. The molecule has 0 saturated carbocycles. The maximum absolute atomic E-state index is 12.3. The van der Waals surface area contributed by atoms with E-state index in [1.807, 2.05) is 18.2 Å². The highest BCUT2D eigenvalue weighted by atomic mass is 35.5. The molecule has 0 atom stereocenters. The number of halogens is 2. The number of hydrogen-bond acceptors (Lipinski definition) is 4. The van der Waals surface area contributed by atoms with E-state index in [-0.39, 0.29) is 5.91 Å². The molecule has 1 fully saturated rings. The van der Waals surface area contributed by atoms with Gasteiger partial charge in [0.2, 0.25) is 0 Å². The maximum atomic E-state index is 12.3. The predicted octanol–water partition coefficient (Wildman–Crippen LogP) is 3.39. The Hall–Kier alpha value is -1.11. The summed E-state index contributed by atoms with van der Waals surface area (Å²) < 4.78 is 0. The molecule has 1 aliphatic rings. The summed E-state index contributed by atoms with van der Waals surface area (Å²) >= 11 is 13.6. The van der Waals surface area contributed by atoms with E-state index in [2.05, 4.69) is 15.5 Å². The zero-order valence-electron chi connectivity index (χ0n) is 13.1. The van der Waals surface area contributed by atoms with E-state index in [9.17, 15) is 4.79 Å². The van der Waals surface area contributed by atoms with Crippen molar-refractivity contribution in [2.45, 2.75) is 13.1 Å². The summed E-state index contributed by atoms with van der Waals surface area (Å²) in [7, 11) is 0. The van der Waals surface area contributed by atoms with Gasteiger partial charge >= 0.3 is 0 Å². The van der Waals surface area contributed by atoms with Gasteiger partial charge in [-0.2, -0.15) is 0 Å². The van der Waals surface area contributed by atoms with Crippen molar-refractivity contribution in [1.29, 1.82) is 0 Å². The summed E-state index contributed by atoms with van der Waals surface area (Å²) in [6, 6.07) is 9.21. The number of nitrogens with zero attached hydrogens (tertiary/aromatic N) is 1. The SMILES string of the molecule is O=C(NCc1ccc(Cl)cc1Cl)c1ccc(CN2CCNCC2)s1. The lowest BCUT2D eigenvalue weighted by molar-refractivity contribution is 0.0955. The van der Waals surface area contributed by atoms with Crippen molar-refractivity contribution in [3.63, 3.8) is 0 Å². The number of piperazine rings is 1. The van der Waals surface area contributed by atoms with E-state index in [0.29, 0.717) is 16.6 Å². The predicted molar refractivity (Wildman–Crippen MR) is 100 cm³/mol. The van der Waals surface area contributed by atoms with Crippen LogP contribution in [-0.4, -0.2) is 37.0 Å². The first-order chi connectivity index (χ1) is 11.6. The maximum Gasteiger partial charge on any atom is 0.261 e. The molecule has 128 valence electrons. The lowest BCUT2D eigenvalue weighted by Crippen LogP contribution is -2.42. The third-order valence-corrected chi connectivity index (χ3v) is 5.58. The number of carbonyl (C=O) groups excluding carboxylic acids is 1. The molecular weight excluding hydrogens is 365 g/mol. The molecule has 0 aliphatic carbocycles. The summed E-state index contributed by atoms with van der Waals surface area (Å²) in [5, 5.41) is 7.41. The summed E-state index contributed by atoms with van der Waals surface area (Å²) in [4.78, 5) is 16.7. The van der Waals surface area contributed by atoms with Gasteiger partial charge in [-0.1, -0.05) is 29.3 Å². The van der Waals surface area contributed by atoms with Crippen LogP contribution in [0.4, 0.5) is 0 Å². The van der Waals surface area contributed by atoms with Gasteiger partial charge < -0.3 is 10.6 Å². The van der Waals surface area contributed by atoms with Gasteiger partial charge in [-0.3, -0.25) is 9.69 Å². The third-order valence-electron chi connectivity index (χ3n) is 3.93. The molecule has 2 heterocycles. The van der Waals surface area contributed by atoms with E-state index in [4.69, 9.17) is 23.2 Å². The number of benzene rings is 1. The van der Waals surface area contributed by atoms with Gasteiger partial charge in [-0.15, -0.1) is 11.3 Å². The van der Waals surface area contributed by atoms with Crippen LogP contribution in [0.15, 0.2) is 30.3 Å².